The molecule has 1 aliphatic carbocycles. The van der Waals surface area contributed by atoms with Gasteiger partial charge in [-0.3, -0.25) is 4.79 Å². The summed E-state index contributed by atoms with van der Waals surface area (Å²) in [5, 5.41) is 9.32. The number of nitrogens with zero attached hydrogens (tertiary/aromatic N) is 2. The van der Waals surface area contributed by atoms with Crippen molar-refractivity contribution in [3.8, 4) is 11.8 Å². The number of carbonyl (C=O) groups is 1. The predicted octanol–water partition coefficient (Wildman–Crippen LogP) is 2.59. The van der Waals surface area contributed by atoms with Gasteiger partial charge in [0.05, 0.1) is 13.2 Å². The van der Waals surface area contributed by atoms with Crippen LogP contribution in [0.25, 0.3) is 0 Å². The number of hydrogen-bond acceptors (Lipinski definition) is 3. The molecular weight excluding hydrogens is 252 g/mol. The second-order valence-electron chi connectivity index (χ2n) is 5.68. The number of carbonyl (C=O) groups excluding carboxylic acids is 1. The number of methoxy groups -OCH3 is 1. The van der Waals surface area contributed by atoms with E-state index in [2.05, 4.69) is 13.0 Å². The molecule has 4 nitrogen and oxygen atoms in total. The maximum Gasteiger partial charge on any atom is 0.243 e. The van der Waals surface area contributed by atoms with Gasteiger partial charge in [-0.05, 0) is 24.8 Å². The van der Waals surface area contributed by atoms with Crippen LogP contribution in [0.4, 0.5) is 0 Å². The minimum atomic E-state index is -0.809. The minimum Gasteiger partial charge on any atom is -0.496 e. The van der Waals surface area contributed by atoms with Crippen LogP contribution in [0.5, 0.6) is 5.75 Å². The molecule has 2 rings (SSSR count). The van der Waals surface area contributed by atoms with Gasteiger partial charge in [0.1, 0.15) is 11.2 Å². The van der Waals surface area contributed by atoms with Crippen LogP contribution in [0, 0.1) is 22.7 Å². The molecule has 1 saturated carbocycles. The summed E-state index contributed by atoms with van der Waals surface area (Å²) in [5.74, 6) is 1.14. The second-order valence-corrected chi connectivity index (χ2v) is 5.68. The highest BCUT2D eigenvalue weighted by Crippen LogP contribution is 2.46. The van der Waals surface area contributed by atoms with Crippen LogP contribution in [-0.4, -0.2) is 25.0 Å². The van der Waals surface area contributed by atoms with Crippen LogP contribution in [0.15, 0.2) is 24.3 Å². The van der Waals surface area contributed by atoms with Crippen molar-refractivity contribution in [2.24, 2.45) is 11.3 Å². The molecule has 0 saturated heterocycles. The Balaban J connectivity index is 2.10. The summed E-state index contributed by atoms with van der Waals surface area (Å²) in [5.41, 5.74) is 0.141. The molecule has 0 aromatic heterocycles. The molecule has 1 fully saturated rings. The molecule has 0 heterocycles. The predicted molar refractivity (Wildman–Crippen MR) is 75.9 cm³/mol. The molecule has 4 heteroatoms. The Morgan fingerprint density at radius 3 is 2.70 bits per heavy atom. The molecule has 106 valence electrons. The fourth-order valence-electron chi connectivity index (χ4n) is 2.97. The number of hydrogen-bond donors (Lipinski definition) is 0. The SMILES string of the molecule is COc1ccccc1CN(C)C(=O)C1(C#N)CC(C)C1. The van der Waals surface area contributed by atoms with Gasteiger partial charge in [0.25, 0.3) is 0 Å². The van der Waals surface area contributed by atoms with Gasteiger partial charge in [0.15, 0.2) is 0 Å². The zero-order valence-electron chi connectivity index (χ0n) is 12.2. The van der Waals surface area contributed by atoms with E-state index >= 15 is 0 Å². The monoisotopic (exact) mass is 272 g/mol. The van der Waals surface area contributed by atoms with E-state index in [4.69, 9.17) is 4.74 Å². The Kier molecular flexibility index (Phi) is 3.99. The van der Waals surface area contributed by atoms with E-state index in [9.17, 15) is 10.1 Å². The molecule has 20 heavy (non-hydrogen) atoms. The van der Waals surface area contributed by atoms with Gasteiger partial charge in [0, 0.05) is 19.2 Å². The number of ether oxygens (including phenoxy) is 1. The van der Waals surface area contributed by atoms with Gasteiger partial charge in [-0.25, -0.2) is 0 Å². The largest absolute Gasteiger partial charge is 0.496 e. The van der Waals surface area contributed by atoms with Crippen LogP contribution in [0.1, 0.15) is 25.3 Å². The third kappa shape index (κ3) is 2.49. The summed E-state index contributed by atoms with van der Waals surface area (Å²) < 4.78 is 5.29. The van der Waals surface area contributed by atoms with Crippen LogP contribution in [-0.2, 0) is 11.3 Å². The number of nitriles is 1. The Hall–Kier alpha value is -2.02. The molecule has 1 aliphatic rings. The zero-order valence-corrected chi connectivity index (χ0v) is 12.2. The Bertz CT molecular complexity index is 542. The normalized spacial score (nSPS) is 24.4. The van der Waals surface area contributed by atoms with Gasteiger partial charge in [0.2, 0.25) is 5.91 Å². The first-order chi connectivity index (χ1) is 9.52. The molecule has 1 aromatic carbocycles. The Morgan fingerprint density at radius 1 is 1.50 bits per heavy atom. The van der Waals surface area contributed by atoms with Crippen LogP contribution >= 0.6 is 0 Å². The van der Waals surface area contributed by atoms with E-state index in [1.54, 1.807) is 19.1 Å². The fourth-order valence-corrected chi connectivity index (χ4v) is 2.97. The van der Waals surface area contributed by atoms with Crippen molar-refractivity contribution in [2.75, 3.05) is 14.2 Å². The first-order valence-corrected chi connectivity index (χ1v) is 6.81. The molecule has 0 atom stereocenters. The third-order valence-corrected chi connectivity index (χ3v) is 3.96. The standard InChI is InChI=1S/C16H20N2O2/c1-12-8-16(9-12,11-17)15(19)18(2)10-13-6-4-5-7-14(13)20-3/h4-7,12H,8-10H2,1-3H3. The van der Waals surface area contributed by atoms with E-state index < -0.39 is 5.41 Å². The van der Waals surface area contributed by atoms with Gasteiger partial charge < -0.3 is 9.64 Å². The van der Waals surface area contributed by atoms with E-state index in [0.29, 0.717) is 25.3 Å². The van der Waals surface area contributed by atoms with Crippen molar-refractivity contribution >= 4 is 5.91 Å². The van der Waals surface area contributed by atoms with Crippen LogP contribution in [0.3, 0.4) is 0 Å². The van der Waals surface area contributed by atoms with Crippen molar-refractivity contribution in [3.05, 3.63) is 29.8 Å². The first kappa shape index (κ1) is 14.4. The number of para-hydroxylation sites is 1. The van der Waals surface area contributed by atoms with Gasteiger partial charge in [-0.1, -0.05) is 25.1 Å². The van der Waals surface area contributed by atoms with Gasteiger partial charge in [-0.2, -0.15) is 5.26 Å². The number of amides is 1. The molecule has 0 spiro atoms. The summed E-state index contributed by atoms with van der Waals surface area (Å²) in [6.45, 7) is 2.53. The highest BCUT2D eigenvalue weighted by molar-refractivity contribution is 5.86. The summed E-state index contributed by atoms with van der Waals surface area (Å²) in [6, 6.07) is 9.84. The smallest absolute Gasteiger partial charge is 0.243 e. The summed E-state index contributed by atoms with van der Waals surface area (Å²) in [7, 11) is 3.36. The first-order valence-electron chi connectivity index (χ1n) is 6.81. The summed E-state index contributed by atoms with van der Waals surface area (Å²) in [4.78, 5) is 14.1. The number of benzene rings is 1. The lowest BCUT2D eigenvalue weighted by molar-refractivity contribution is -0.144. The van der Waals surface area contributed by atoms with Crippen molar-refractivity contribution in [2.45, 2.75) is 26.3 Å². The topological polar surface area (TPSA) is 53.3 Å². The fraction of sp³-hybridized carbons (Fsp3) is 0.500. The van der Waals surface area contributed by atoms with Crippen LogP contribution in [0.2, 0.25) is 0 Å². The zero-order chi connectivity index (χ0) is 14.8. The van der Waals surface area contributed by atoms with E-state index in [1.807, 2.05) is 24.3 Å². The second kappa shape index (κ2) is 5.54. The van der Waals surface area contributed by atoms with Crippen LogP contribution < -0.4 is 4.74 Å². The summed E-state index contributed by atoms with van der Waals surface area (Å²) >= 11 is 0. The lowest BCUT2D eigenvalue weighted by Crippen LogP contribution is -2.48. The maximum atomic E-state index is 12.5. The molecule has 1 amide bonds. The molecule has 0 unspecified atom stereocenters. The third-order valence-electron chi connectivity index (χ3n) is 3.96. The maximum absolute atomic E-state index is 12.5. The van der Waals surface area contributed by atoms with Crippen molar-refractivity contribution in [3.63, 3.8) is 0 Å². The summed E-state index contributed by atoms with van der Waals surface area (Å²) in [6.07, 6.45) is 1.33. The lowest BCUT2D eigenvalue weighted by atomic mass is 9.63. The average Bonchev–Trinajstić information content (AvgIpc) is 2.43. The highest BCUT2D eigenvalue weighted by atomic mass is 16.5. The van der Waals surface area contributed by atoms with E-state index in [0.717, 1.165) is 11.3 Å². The molecule has 0 aliphatic heterocycles. The van der Waals surface area contributed by atoms with E-state index in [1.165, 1.54) is 0 Å². The molecule has 0 bridgehead atoms. The number of rotatable bonds is 4. The quantitative estimate of drug-likeness (QED) is 0.846. The van der Waals surface area contributed by atoms with Gasteiger partial charge in [-0.15, -0.1) is 0 Å². The minimum absolute atomic E-state index is 0.0796. The molecule has 0 N–H and O–H groups in total. The lowest BCUT2D eigenvalue weighted by Gasteiger charge is -2.41. The van der Waals surface area contributed by atoms with Crippen molar-refractivity contribution < 1.29 is 9.53 Å². The van der Waals surface area contributed by atoms with Gasteiger partial charge >= 0.3 is 0 Å². The average molecular weight is 272 g/mol. The van der Waals surface area contributed by atoms with Crippen molar-refractivity contribution in [1.82, 2.24) is 4.90 Å². The molecule has 1 aromatic rings. The molecule has 0 radical (unpaired) electrons. The Labute approximate surface area is 120 Å². The highest BCUT2D eigenvalue weighted by Gasteiger charge is 2.50. The van der Waals surface area contributed by atoms with Crippen molar-refractivity contribution in [1.29, 1.82) is 5.26 Å². The van der Waals surface area contributed by atoms with E-state index in [-0.39, 0.29) is 5.91 Å². The molecular formula is C16H20N2O2. The Morgan fingerprint density at radius 2 is 2.15 bits per heavy atom.